The third kappa shape index (κ3) is 3.12. The summed E-state index contributed by atoms with van der Waals surface area (Å²) >= 11 is 5.85. The average Bonchev–Trinajstić information content (AvgIpc) is 2.82. The highest BCUT2D eigenvalue weighted by Crippen LogP contribution is 2.25. The molecular formula is C13H14ClN3O2. The Morgan fingerprint density at radius 3 is 2.53 bits per heavy atom. The van der Waals surface area contributed by atoms with Crippen LogP contribution in [0.15, 0.2) is 28.8 Å². The van der Waals surface area contributed by atoms with Gasteiger partial charge >= 0.3 is 11.8 Å². The number of nitrogens with zero attached hydrogens (tertiary/aromatic N) is 2. The molecule has 0 spiro atoms. The minimum absolute atomic E-state index is 0.167. The maximum atomic E-state index is 10.9. The van der Waals surface area contributed by atoms with Crippen LogP contribution in [0, 0.1) is 0 Å². The first-order chi connectivity index (χ1) is 8.88. The van der Waals surface area contributed by atoms with E-state index in [9.17, 15) is 4.79 Å². The van der Waals surface area contributed by atoms with Gasteiger partial charge < -0.3 is 10.3 Å². The molecule has 2 aromatic rings. The fourth-order valence-corrected chi connectivity index (χ4v) is 1.92. The van der Waals surface area contributed by atoms with Gasteiger partial charge in [-0.2, -0.15) is 4.98 Å². The Labute approximate surface area is 115 Å². The molecule has 0 atom stereocenters. The molecule has 1 aromatic heterocycles. The van der Waals surface area contributed by atoms with Gasteiger partial charge in [0.1, 0.15) is 0 Å². The Bertz CT molecular complexity index is 590. The number of amides is 1. The van der Waals surface area contributed by atoms with Gasteiger partial charge in [0.2, 0.25) is 0 Å². The summed E-state index contributed by atoms with van der Waals surface area (Å²) in [6.07, 6.45) is 0.696. The summed E-state index contributed by atoms with van der Waals surface area (Å²) in [5.41, 5.74) is 5.82. The van der Waals surface area contributed by atoms with Crippen molar-refractivity contribution in [1.82, 2.24) is 10.1 Å². The van der Waals surface area contributed by atoms with Crippen LogP contribution in [0.5, 0.6) is 0 Å². The van der Waals surface area contributed by atoms with Crippen LogP contribution in [0.3, 0.4) is 0 Å². The highest BCUT2D eigenvalue weighted by molar-refractivity contribution is 6.30. The molecule has 0 saturated heterocycles. The van der Waals surface area contributed by atoms with Crippen molar-refractivity contribution < 1.29 is 9.32 Å². The quantitative estimate of drug-likeness (QED) is 0.931. The number of hydrogen-bond donors (Lipinski definition) is 1. The van der Waals surface area contributed by atoms with E-state index in [-0.39, 0.29) is 11.3 Å². The number of benzene rings is 1. The number of carbonyl (C=O) groups excluding carboxylic acids is 1. The number of rotatable bonds is 4. The van der Waals surface area contributed by atoms with Crippen molar-refractivity contribution in [2.24, 2.45) is 5.73 Å². The van der Waals surface area contributed by atoms with Crippen molar-refractivity contribution in [2.45, 2.75) is 25.7 Å². The van der Waals surface area contributed by atoms with Crippen LogP contribution in [0.1, 0.15) is 35.9 Å². The molecule has 1 amide bonds. The van der Waals surface area contributed by atoms with Crippen LogP contribution in [0.2, 0.25) is 5.02 Å². The van der Waals surface area contributed by atoms with Crippen LogP contribution in [0.4, 0.5) is 0 Å². The molecule has 1 heterocycles. The zero-order valence-corrected chi connectivity index (χ0v) is 11.4. The molecule has 5 nitrogen and oxygen atoms in total. The van der Waals surface area contributed by atoms with E-state index in [1.165, 1.54) is 0 Å². The SMILES string of the molecule is CC(C)(Cc1ccc(Cl)cc1)c1noc(C(N)=O)n1. The molecular weight excluding hydrogens is 266 g/mol. The number of aromatic nitrogens is 2. The van der Waals surface area contributed by atoms with Crippen LogP contribution in [0.25, 0.3) is 0 Å². The second-order valence-electron chi connectivity index (χ2n) is 4.97. The number of primary amides is 1. The highest BCUT2D eigenvalue weighted by atomic mass is 35.5. The molecule has 0 aliphatic heterocycles. The Kier molecular flexibility index (Phi) is 3.57. The van der Waals surface area contributed by atoms with Crippen LogP contribution >= 0.6 is 11.6 Å². The summed E-state index contributed by atoms with van der Waals surface area (Å²) in [4.78, 5) is 15.0. The second-order valence-corrected chi connectivity index (χ2v) is 5.41. The molecule has 1 aromatic carbocycles. The van der Waals surface area contributed by atoms with E-state index in [1.807, 2.05) is 38.1 Å². The molecule has 100 valence electrons. The van der Waals surface area contributed by atoms with E-state index in [4.69, 9.17) is 21.9 Å². The average molecular weight is 280 g/mol. The maximum absolute atomic E-state index is 10.9. The Morgan fingerprint density at radius 2 is 2.00 bits per heavy atom. The molecule has 0 unspecified atom stereocenters. The Hall–Kier alpha value is -1.88. The first-order valence-corrected chi connectivity index (χ1v) is 6.15. The van der Waals surface area contributed by atoms with Crippen LogP contribution in [-0.2, 0) is 11.8 Å². The maximum Gasteiger partial charge on any atom is 0.315 e. The summed E-state index contributed by atoms with van der Waals surface area (Å²) in [5, 5.41) is 4.50. The smallest absolute Gasteiger partial charge is 0.315 e. The third-order valence-corrected chi connectivity index (χ3v) is 3.05. The topological polar surface area (TPSA) is 82.0 Å². The van der Waals surface area contributed by atoms with Gasteiger partial charge in [0.05, 0.1) is 0 Å². The highest BCUT2D eigenvalue weighted by Gasteiger charge is 2.28. The van der Waals surface area contributed by atoms with E-state index in [2.05, 4.69) is 10.1 Å². The summed E-state index contributed by atoms with van der Waals surface area (Å²) in [6.45, 7) is 3.94. The standard InChI is InChI=1S/C13H14ClN3O2/c1-13(2,7-8-3-5-9(14)6-4-8)12-16-11(10(15)18)19-17-12/h3-6H,7H2,1-2H3,(H2,15,18). The lowest BCUT2D eigenvalue weighted by atomic mass is 9.85. The predicted molar refractivity (Wildman–Crippen MR) is 71.0 cm³/mol. The fraction of sp³-hybridized carbons (Fsp3) is 0.308. The monoisotopic (exact) mass is 279 g/mol. The molecule has 2 N–H and O–H groups in total. The Balaban J connectivity index is 2.21. The van der Waals surface area contributed by atoms with Gasteiger partial charge in [-0.15, -0.1) is 0 Å². The zero-order valence-electron chi connectivity index (χ0n) is 10.7. The molecule has 0 radical (unpaired) electrons. The summed E-state index contributed by atoms with van der Waals surface area (Å²) in [6, 6.07) is 7.55. The van der Waals surface area contributed by atoms with Gasteiger partial charge in [0.25, 0.3) is 0 Å². The van der Waals surface area contributed by atoms with Crippen molar-refractivity contribution in [3.05, 3.63) is 46.6 Å². The number of halogens is 1. The van der Waals surface area contributed by atoms with Gasteiger partial charge in [-0.05, 0) is 24.1 Å². The first kappa shape index (κ1) is 13.5. The number of nitrogens with two attached hydrogens (primary N) is 1. The lowest BCUT2D eigenvalue weighted by Gasteiger charge is -2.20. The molecule has 2 rings (SSSR count). The first-order valence-electron chi connectivity index (χ1n) is 5.77. The van der Waals surface area contributed by atoms with Gasteiger partial charge in [-0.1, -0.05) is 42.7 Å². The van der Waals surface area contributed by atoms with E-state index in [0.29, 0.717) is 17.3 Å². The van der Waals surface area contributed by atoms with Gasteiger partial charge in [0, 0.05) is 10.4 Å². The lowest BCUT2D eigenvalue weighted by Crippen LogP contribution is -2.23. The van der Waals surface area contributed by atoms with E-state index in [0.717, 1.165) is 5.56 Å². The second kappa shape index (κ2) is 5.01. The predicted octanol–water partition coefficient (Wildman–Crippen LogP) is 2.34. The van der Waals surface area contributed by atoms with E-state index >= 15 is 0 Å². The minimum Gasteiger partial charge on any atom is -0.361 e. The molecule has 0 saturated carbocycles. The molecule has 19 heavy (non-hydrogen) atoms. The van der Waals surface area contributed by atoms with E-state index in [1.54, 1.807) is 0 Å². The van der Waals surface area contributed by atoms with Gasteiger partial charge in [-0.3, -0.25) is 4.79 Å². The third-order valence-electron chi connectivity index (χ3n) is 2.80. The Morgan fingerprint density at radius 1 is 1.37 bits per heavy atom. The molecule has 0 fully saturated rings. The zero-order chi connectivity index (χ0) is 14.0. The molecule has 6 heteroatoms. The normalized spacial score (nSPS) is 11.5. The van der Waals surface area contributed by atoms with Gasteiger partial charge in [0.15, 0.2) is 5.82 Å². The summed E-state index contributed by atoms with van der Waals surface area (Å²) < 4.78 is 4.81. The lowest BCUT2D eigenvalue weighted by molar-refractivity contribution is 0.0958. The van der Waals surface area contributed by atoms with Crippen molar-refractivity contribution in [2.75, 3.05) is 0 Å². The molecule has 0 aliphatic rings. The summed E-state index contributed by atoms with van der Waals surface area (Å²) in [7, 11) is 0. The number of hydrogen-bond acceptors (Lipinski definition) is 4. The fourth-order valence-electron chi connectivity index (χ4n) is 1.79. The van der Waals surface area contributed by atoms with E-state index < -0.39 is 5.91 Å². The van der Waals surface area contributed by atoms with Gasteiger partial charge in [-0.25, -0.2) is 0 Å². The van der Waals surface area contributed by atoms with Crippen molar-refractivity contribution in [1.29, 1.82) is 0 Å². The number of carbonyl (C=O) groups is 1. The van der Waals surface area contributed by atoms with Crippen molar-refractivity contribution in [3.63, 3.8) is 0 Å². The van der Waals surface area contributed by atoms with Crippen molar-refractivity contribution >= 4 is 17.5 Å². The largest absolute Gasteiger partial charge is 0.361 e. The molecule has 0 bridgehead atoms. The molecule has 0 aliphatic carbocycles. The minimum atomic E-state index is -0.721. The summed E-state index contributed by atoms with van der Waals surface area (Å²) in [5.74, 6) is -0.434. The van der Waals surface area contributed by atoms with Crippen LogP contribution in [-0.4, -0.2) is 16.0 Å². The van der Waals surface area contributed by atoms with Crippen molar-refractivity contribution in [3.8, 4) is 0 Å². The van der Waals surface area contributed by atoms with Crippen LogP contribution < -0.4 is 5.73 Å².